The fraction of sp³-hybridized carbons (Fsp3) is 0.600. The summed E-state index contributed by atoms with van der Waals surface area (Å²) in [7, 11) is 0. The molecule has 13 N–H and O–H groups in total. The van der Waals surface area contributed by atoms with Crippen LogP contribution in [0.5, 0.6) is 0 Å². The number of aliphatic imine (C=N–C) groups is 1. The highest BCUT2D eigenvalue weighted by Gasteiger charge is 2.26. The molecule has 170 valence electrons. The molecule has 4 amide bonds. The van der Waals surface area contributed by atoms with Gasteiger partial charge in [0.05, 0.1) is 19.6 Å². The maximum absolute atomic E-state index is 12.1. The number of amides is 4. The molecular formula is C15H28N8O7. The first-order valence-corrected chi connectivity index (χ1v) is 8.78. The molecule has 0 heterocycles. The minimum absolute atomic E-state index is 0.125. The van der Waals surface area contributed by atoms with Gasteiger partial charge in [-0.05, 0) is 12.8 Å². The lowest BCUT2D eigenvalue weighted by atomic mass is 10.1. The molecule has 0 rings (SSSR count). The van der Waals surface area contributed by atoms with Crippen molar-refractivity contribution in [1.82, 2.24) is 16.0 Å². The van der Waals surface area contributed by atoms with Gasteiger partial charge in [0, 0.05) is 6.54 Å². The summed E-state index contributed by atoms with van der Waals surface area (Å²) in [5, 5.41) is 24.2. The van der Waals surface area contributed by atoms with Crippen molar-refractivity contribution in [3.05, 3.63) is 0 Å². The third-order valence-corrected chi connectivity index (χ3v) is 3.59. The van der Waals surface area contributed by atoms with Crippen LogP contribution in [-0.4, -0.2) is 83.6 Å². The smallest absolute Gasteiger partial charge is 0.305 e. The van der Waals surface area contributed by atoms with Gasteiger partial charge >= 0.3 is 5.97 Å². The summed E-state index contributed by atoms with van der Waals surface area (Å²) in [6, 6.07) is -3.93. The maximum atomic E-state index is 12.1. The summed E-state index contributed by atoms with van der Waals surface area (Å²) >= 11 is 0. The first-order chi connectivity index (χ1) is 14.0. The fourth-order valence-electron chi connectivity index (χ4n) is 2.07. The summed E-state index contributed by atoms with van der Waals surface area (Å²) in [4.78, 5) is 61.8. The number of hydrogen-bond donors (Lipinski definition) is 9. The van der Waals surface area contributed by atoms with Crippen LogP contribution in [-0.2, 0) is 24.0 Å². The van der Waals surface area contributed by atoms with E-state index >= 15 is 0 Å². The second-order valence-corrected chi connectivity index (χ2v) is 6.14. The normalized spacial score (nSPS) is 13.3. The van der Waals surface area contributed by atoms with Crippen molar-refractivity contribution in [2.75, 3.05) is 19.7 Å². The standard InChI is InChI=1S/C15H28N8O7/c16-7(6-24)13(29)23-9(4-11(26)27)14(30)21-5-10(25)22-8(12(17)28)2-1-3-20-15(18)19/h7-9,24H,1-6,16H2,(H2,17,28)(H,21,30)(H,22,25)(H,23,29)(H,26,27)(H4,18,19,20)/t7-,8-,9-/m0/s1. The number of aliphatic hydroxyl groups excluding tert-OH is 1. The number of nitrogens with two attached hydrogens (primary N) is 4. The van der Waals surface area contributed by atoms with E-state index in [0.717, 1.165) is 0 Å². The third kappa shape index (κ3) is 11.4. The van der Waals surface area contributed by atoms with E-state index in [0.29, 0.717) is 6.42 Å². The van der Waals surface area contributed by atoms with Gasteiger partial charge in [-0.2, -0.15) is 0 Å². The second kappa shape index (κ2) is 13.7. The predicted molar refractivity (Wildman–Crippen MR) is 103 cm³/mol. The van der Waals surface area contributed by atoms with E-state index in [9.17, 15) is 24.0 Å². The SMILES string of the molecule is NC(=O)[C@H](CCCN=C(N)N)NC(=O)CNC(=O)[C@H](CC(=O)O)NC(=O)[C@@H](N)CO. The Kier molecular flexibility index (Phi) is 12.1. The zero-order valence-corrected chi connectivity index (χ0v) is 16.2. The lowest BCUT2D eigenvalue weighted by Crippen LogP contribution is -2.55. The monoisotopic (exact) mass is 432 g/mol. The number of carboxylic acids is 1. The number of guanidine groups is 1. The lowest BCUT2D eigenvalue weighted by Gasteiger charge is -2.19. The Morgan fingerprint density at radius 3 is 2.10 bits per heavy atom. The molecule has 3 atom stereocenters. The number of carboxylic acid groups (broad SMARTS) is 1. The van der Waals surface area contributed by atoms with E-state index in [4.69, 9.17) is 33.1 Å². The molecule has 0 saturated heterocycles. The van der Waals surface area contributed by atoms with E-state index < -0.39 is 67.3 Å². The fourth-order valence-corrected chi connectivity index (χ4v) is 2.07. The number of aliphatic carboxylic acids is 1. The molecule has 0 aliphatic carbocycles. The molecule has 0 fully saturated rings. The van der Waals surface area contributed by atoms with E-state index in [1.165, 1.54) is 0 Å². The lowest BCUT2D eigenvalue weighted by molar-refractivity contribution is -0.141. The Labute approximate surface area is 171 Å². The number of primary amides is 1. The van der Waals surface area contributed by atoms with Gasteiger partial charge in [-0.3, -0.25) is 29.0 Å². The number of rotatable bonds is 14. The van der Waals surface area contributed by atoms with Crippen molar-refractivity contribution in [3.8, 4) is 0 Å². The largest absolute Gasteiger partial charge is 0.481 e. The van der Waals surface area contributed by atoms with E-state index in [1.54, 1.807) is 0 Å². The molecule has 0 unspecified atom stereocenters. The van der Waals surface area contributed by atoms with Crippen molar-refractivity contribution in [2.45, 2.75) is 37.4 Å². The quantitative estimate of drug-likeness (QED) is 0.0712. The van der Waals surface area contributed by atoms with Gasteiger partial charge in [0.2, 0.25) is 23.6 Å². The van der Waals surface area contributed by atoms with Crippen LogP contribution in [0.15, 0.2) is 4.99 Å². The number of carbonyl (C=O) groups is 5. The molecule has 0 aliphatic rings. The van der Waals surface area contributed by atoms with Crippen LogP contribution >= 0.6 is 0 Å². The van der Waals surface area contributed by atoms with Crippen LogP contribution < -0.4 is 38.9 Å². The van der Waals surface area contributed by atoms with Gasteiger partial charge in [0.15, 0.2) is 5.96 Å². The van der Waals surface area contributed by atoms with Gasteiger partial charge < -0.3 is 49.1 Å². The molecule has 30 heavy (non-hydrogen) atoms. The summed E-state index contributed by atoms with van der Waals surface area (Å²) < 4.78 is 0. The molecule has 0 radical (unpaired) electrons. The molecule has 15 heteroatoms. The molecule has 0 aliphatic heterocycles. The van der Waals surface area contributed by atoms with Crippen LogP contribution in [0.1, 0.15) is 19.3 Å². The van der Waals surface area contributed by atoms with Crippen LogP contribution in [0.25, 0.3) is 0 Å². The van der Waals surface area contributed by atoms with E-state index in [1.807, 2.05) is 0 Å². The van der Waals surface area contributed by atoms with Crippen LogP contribution in [0.3, 0.4) is 0 Å². The minimum atomic E-state index is -1.54. The van der Waals surface area contributed by atoms with Crippen LogP contribution in [0.2, 0.25) is 0 Å². The topological polar surface area (TPSA) is 278 Å². The van der Waals surface area contributed by atoms with E-state index in [2.05, 4.69) is 20.9 Å². The van der Waals surface area contributed by atoms with Crippen LogP contribution in [0, 0.1) is 0 Å². The Balaban J connectivity index is 4.74. The van der Waals surface area contributed by atoms with Crippen molar-refractivity contribution in [1.29, 1.82) is 0 Å². The van der Waals surface area contributed by atoms with Gasteiger partial charge in [-0.15, -0.1) is 0 Å². The molecule has 0 aromatic rings. The molecule has 15 nitrogen and oxygen atoms in total. The van der Waals surface area contributed by atoms with Crippen molar-refractivity contribution >= 4 is 35.6 Å². The van der Waals surface area contributed by atoms with Gasteiger partial charge in [0.1, 0.15) is 18.1 Å². The Morgan fingerprint density at radius 1 is 0.967 bits per heavy atom. The number of nitrogens with zero attached hydrogens (tertiary/aromatic N) is 1. The first kappa shape index (κ1) is 26.5. The molecule has 0 bridgehead atoms. The van der Waals surface area contributed by atoms with Gasteiger partial charge in [-0.1, -0.05) is 0 Å². The van der Waals surface area contributed by atoms with E-state index in [-0.39, 0.29) is 18.9 Å². The zero-order chi connectivity index (χ0) is 23.3. The predicted octanol–water partition coefficient (Wildman–Crippen LogP) is -5.59. The Morgan fingerprint density at radius 2 is 1.60 bits per heavy atom. The maximum Gasteiger partial charge on any atom is 0.305 e. The summed E-state index contributed by atoms with van der Waals surface area (Å²) in [5.41, 5.74) is 20.8. The average Bonchev–Trinajstić information content (AvgIpc) is 2.66. The number of carbonyl (C=O) groups excluding carboxylic acids is 4. The molecule has 0 spiro atoms. The number of aliphatic hydroxyl groups is 1. The summed E-state index contributed by atoms with van der Waals surface area (Å²) in [6.07, 6.45) is -0.301. The Bertz CT molecular complexity index is 665. The zero-order valence-electron chi connectivity index (χ0n) is 16.2. The second-order valence-electron chi connectivity index (χ2n) is 6.14. The first-order valence-electron chi connectivity index (χ1n) is 8.78. The van der Waals surface area contributed by atoms with Crippen LogP contribution in [0.4, 0.5) is 0 Å². The summed E-state index contributed by atoms with van der Waals surface area (Å²) in [6.45, 7) is -1.12. The molecule has 0 aromatic carbocycles. The van der Waals surface area contributed by atoms with Gasteiger partial charge in [0.25, 0.3) is 0 Å². The van der Waals surface area contributed by atoms with Crippen molar-refractivity contribution in [2.24, 2.45) is 27.9 Å². The highest BCUT2D eigenvalue weighted by molar-refractivity contribution is 5.94. The highest BCUT2D eigenvalue weighted by Crippen LogP contribution is 1.98. The number of hydrogen-bond acceptors (Lipinski definition) is 8. The summed E-state index contributed by atoms with van der Waals surface area (Å²) in [5.74, 6) is -5.03. The minimum Gasteiger partial charge on any atom is -0.481 e. The Hall–Kier alpha value is -3.46. The van der Waals surface area contributed by atoms with Crippen molar-refractivity contribution in [3.63, 3.8) is 0 Å². The average molecular weight is 432 g/mol. The molecule has 0 saturated carbocycles. The number of nitrogens with one attached hydrogen (secondary N) is 3. The van der Waals surface area contributed by atoms with Crippen molar-refractivity contribution < 1.29 is 34.2 Å². The third-order valence-electron chi connectivity index (χ3n) is 3.59. The molecular weight excluding hydrogens is 404 g/mol. The highest BCUT2D eigenvalue weighted by atomic mass is 16.4. The molecule has 0 aromatic heterocycles. The van der Waals surface area contributed by atoms with Gasteiger partial charge in [-0.25, -0.2) is 0 Å².